The molecule has 0 bridgehead atoms. The van der Waals surface area contributed by atoms with Crippen LogP contribution >= 0.6 is 0 Å². The zero-order chi connectivity index (χ0) is 9.97. The van der Waals surface area contributed by atoms with Crippen molar-refractivity contribution in [1.82, 2.24) is 10.2 Å². The van der Waals surface area contributed by atoms with Gasteiger partial charge in [0.05, 0.1) is 0 Å². The van der Waals surface area contributed by atoms with E-state index in [4.69, 9.17) is 0 Å². The Hall–Kier alpha value is -0.0800. The molecule has 1 N–H and O–H groups in total. The van der Waals surface area contributed by atoms with Crippen LogP contribution in [0.5, 0.6) is 0 Å². The number of rotatable bonds is 3. The van der Waals surface area contributed by atoms with Gasteiger partial charge in [-0.1, -0.05) is 26.2 Å². The summed E-state index contributed by atoms with van der Waals surface area (Å²) in [5.74, 6) is 0.967. The summed E-state index contributed by atoms with van der Waals surface area (Å²) in [4.78, 5) is 2.66. The first-order valence-corrected chi connectivity index (χ1v) is 6.25. The Bertz CT molecular complexity index is 177. The van der Waals surface area contributed by atoms with Crippen LogP contribution in [0, 0.1) is 5.92 Å². The van der Waals surface area contributed by atoms with E-state index in [2.05, 4.69) is 24.2 Å². The molecular formula is C12H24N2. The van der Waals surface area contributed by atoms with Crippen LogP contribution in [0.1, 0.15) is 39.0 Å². The number of hydrogen-bond acceptors (Lipinski definition) is 2. The topological polar surface area (TPSA) is 15.3 Å². The Morgan fingerprint density at radius 2 is 1.93 bits per heavy atom. The van der Waals surface area contributed by atoms with E-state index in [1.807, 2.05) is 0 Å². The molecule has 14 heavy (non-hydrogen) atoms. The van der Waals surface area contributed by atoms with Crippen LogP contribution in [0.3, 0.4) is 0 Å². The molecule has 2 nitrogen and oxygen atoms in total. The van der Waals surface area contributed by atoms with E-state index < -0.39 is 0 Å². The van der Waals surface area contributed by atoms with Crippen LogP contribution in [0.25, 0.3) is 0 Å². The lowest BCUT2D eigenvalue weighted by atomic mass is 9.81. The van der Waals surface area contributed by atoms with Gasteiger partial charge in [0.2, 0.25) is 0 Å². The van der Waals surface area contributed by atoms with Crippen LogP contribution in [-0.2, 0) is 0 Å². The van der Waals surface area contributed by atoms with Gasteiger partial charge in [0.25, 0.3) is 0 Å². The van der Waals surface area contributed by atoms with Gasteiger partial charge in [-0.05, 0) is 25.8 Å². The molecule has 82 valence electrons. The first kappa shape index (κ1) is 10.4. The molecule has 1 heterocycles. The van der Waals surface area contributed by atoms with Crippen molar-refractivity contribution in [1.29, 1.82) is 0 Å². The molecule has 0 aromatic heterocycles. The van der Waals surface area contributed by atoms with E-state index in [0.29, 0.717) is 0 Å². The average Bonchev–Trinajstić information content (AvgIpc) is 2.15. The summed E-state index contributed by atoms with van der Waals surface area (Å²) in [5, 5.41) is 3.37. The van der Waals surface area contributed by atoms with Crippen LogP contribution in [0.4, 0.5) is 0 Å². The number of nitrogens with zero attached hydrogens (tertiary/aromatic N) is 1. The number of nitrogens with one attached hydrogen (secondary N) is 1. The lowest BCUT2D eigenvalue weighted by Gasteiger charge is -2.45. The standard InChI is InChI=1S/C12H24N2/c1-3-10-6-4-5-7-12(10)14(2)11-8-13-9-11/h10-13H,3-9H2,1-2H3. The molecule has 0 amide bonds. The van der Waals surface area contributed by atoms with Crippen molar-refractivity contribution >= 4 is 0 Å². The highest BCUT2D eigenvalue weighted by Gasteiger charge is 2.32. The second-order valence-electron chi connectivity index (χ2n) is 5.00. The average molecular weight is 196 g/mol. The smallest absolute Gasteiger partial charge is 0.0345 e. The fourth-order valence-electron chi connectivity index (χ4n) is 3.03. The van der Waals surface area contributed by atoms with Crippen molar-refractivity contribution in [3.05, 3.63) is 0 Å². The van der Waals surface area contributed by atoms with Crippen molar-refractivity contribution in [3.63, 3.8) is 0 Å². The van der Waals surface area contributed by atoms with Gasteiger partial charge < -0.3 is 5.32 Å². The second-order valence-corrected chi connectivity index (χ2v) is 5.00. The predicted octanol–water partition coefficient (Wildman–Crippen LogP) is 1.86. The quantitative estimate of drug-likeness (QED) is 0.741. The largest absolute Gasteiger partial charge is 0.314 e. The molecule has 1 aliphatic heterocycles. The fraction of sp³-hybridized carbons (Fsp3) is 1.00. The molecule has 1 aliphatic carbocycles. The minimum Gasteiger partial charge on any atom is -0.314 e. The minimum absolute atomic E-state index is 0.826. The maximum atomic E-state index is 3.37. The summed E-state index contributed by atoms with van der Waals surface area (Å²) in [7, 11) is 2.34. The predicted molar refractivity (Wildman–Crippen MR) is 60.5 cm³/mol. The van der Waals surface area contributed by atoms with Crippen molar-refractivity contribution in [2.24, 2.45) is 5.92 Å². The Kier molecular flexibility index (Phi) is 3.45. The summed E-state index contributed by atoms with van der Waals surface area (Å²) >= 11 is 0. The molecule has 2 atom stereocenters. The Morgan fingerprint density at radius 1 is 1.21 bits per heavy atom. The fourth-order valence-corrected chi connectivity index (χ4v) is 3.03. The number of likely N-dealkylation sites (N-methyl/N-ethyl adjacent to an activating group) is 1. The first-order chi connectivity index (χ1) is 6.83. The summed E-state index contributed by atoms with van der Waals surface area (Å²) in [6.07, 6.45) is 7.18. The van der Waals surface area contributed by atoms with Crippen LogP contribution < -0.4 is 5.32 Å². The van der Waals surface area contributed by atoms with E-state index in [0.717, 1.165) is 18.0 Å². The Labute approximate surface area is 88.1 Å². The third kappa shape index (κ3) is 1.96. The summed E-state index contributed by atoms with van der Waals surface area (Å²) in [5.41, 5.74) is 0. The van der Waals surface area contributed by atoms with Crippen LogP contribution in [0.15, 0.2) is 0 Å². The normalized spacial score (nSPS) is 34.5. The lowest BCUT2D eigenvalue weighted by Crippen LogP contribution is -2.60. The molecule has 2 heteroatoms. The third-order valence-electron chi connectivity index (χ3n) is 4.25. The minimum atomic E-state index is 0.826. The highest BCUT2D eigenvalue weighted by atomic mass is 15.2. The molecule has 1 saturated carbocycles. The van der Waals surface area contributed by atoms with Crippen molar-refractivity contribution in [3.8, 4) is 0 Å². The Balaban J connectivity index is 1.91. The highest BCUT2D eigenvalue weighted by molar-refractivity contribution is 4.90. The molecule has 2 fully saturated rings. The molecule has 2 aliphatic rings. The van der Waals surface area contributed by atoms with Gasteiger partial charge in [-0.15, -0.1) is 0 Å². The van der Waals surface area contributed by atoms with Gasteiger partial charge in [0, 0.05) is 25.2 Å². The summed E-state index contributed by atoms with van der Waals surface area (Å²) < 4.78 is 0. The monoisotopic (exact) mass is 196 g/mol. The lowest BCUT2D eigenvalue weighted by molar-refractivity contribution is 0.0629. The van der Waals surface area contributed by atoms with Crippen molar-refractivity contribution < 1.29 is 0 Å². The van der Waals surface area contributed by atoms with Gasteiger partial charge in [0.1, 0.15) is 0 Å². The second kappa shape index (κ2) is 4.63. The molecule has 2 unspecified atom stereocenters. The third-order valence-corrected chi connectivity index (χ3v) is 4.25. The molecule has 0 aromatic carbocycles. The maximum absolute atomic E-state index is 3.37. The van der Waals surface area contributed by atoms with E-state index in [1.165, 1.54) is 45.2 Å². The van der Waals surface area contributed by atoms with Gasteiger partial charge in [0.15, 0.2) is 0 Å². The van der Waals surface area contributed by atoms with Crippen molar-refractivity contribution in [2.75, 3.05) is 20.1 Å². The summed E-state index contributed by atoms with van der Waals surface area (Å²) in [6, 6.07) is 1.70. The molecule has 0 aromatic rings. The highest BCUT2D eigenvalue weighted by Crippen LogP contribution is 2.31. The van der Waals surface area contributed by atoms with Gasteiger partial charge in [-0.25, -0.2) is 0 Å². The maximum Gasteiger partial charge on any atom is 0.0345 e. The Morgan fingerprint density at radius 3 is 2.50 bits per heavy atom. The van der Waals surface area contributed by atoms with Crippen LogP contribution in [-0.4, -0.2) is 37.1 Å². The van der Waals surface area contributed by atoms with E-state index in [9.17, 15) is 0 Å². The van der Waals surface area contributed by atoms with Gasteiger partial charge >= 0.3 is 0 Å². The molecule has 1 saturated heterocycles. The van der Waals surface area contributed by atoms with Crippen LogP contribution in [0.2, 0.25) is 0 Å². The first-order valence-electron chi connectivity index (χ1n) is 6.25. The zero-order valence-corrected chi connectivity index (χ0v) is 9.63. The molecular weight excluding hydrogens is 172 g/mol. The van der Waals surface area contributed by atoms with E-state index >= 15 is 0 Å². The molecule has 0 spiro atoms. The van der Waals surface area contributed by atoms with E-state index in [-0.39, 0.29) is 0 Å². The SMILES string of the molecule is CCC1CCCCC1N(C)C1CNC1. The van der Waals surface area contributed by atoms with Crippen molar-refractivity contribution in [2.45, 2.75) is 51.1 Å². The summed E-state index contributed by atoms with van der Waals surface area (Å²) in [6.45, 7) is 4.78. The van der Waals surface area contributed by atoms with E-state index in [1.54, 1.807) is 0 Å². The number of hydrogen-bond donors (Lipinski definition) is 1. The van der Waals surface area contributed by atoms with Gasteiger partial charge in [-0.3, -0.25) is 4.90 Å². The zero-order valence-electron chi connectivity index (χ0n) is 9.63. The molecule has 2 rings (SSSR count). The molecule has 0 radical (unpaired) electrons. The van der Waals surface area contributed by atoms with Gasteiger partial charge in [-0.2, -0.15) is 0 Å².